The van der Waals surface area contributed by atoms with Gasteiger partial charge in [-0.05, 0) is 53.2 Å². The lowest BCUT2D eigenvalue weighted by Crippen LogP contribution is -2.34. The third-order valence-corrected chi connectivity index (χ3v) is 3.39. The number of halogens is 1. The van der Waals surface area contributed by atoms with E-state index in [0.29, 0.717) is 17.7 Å². The van der Waals surface area contributed by atoms with Crippen molar-refractivity contribution < 1.29 is 9.21 Å². The van der Waals surface area contributed by atoms with Crippen LogP contribution in [0.2, 0.25) is 0 Å². The Hall–Kier alpha value is -1.75. The minimum atomic E-state index is -0.154. The zero-order valence-electron chi connectivity index (χ0n) is 10.5. The van der Waals surface area contributed by atoms with Crippen LogP contribution >= 0.6 is 15.9 Å². The molecule has 0 aliphatic carbocycles. The van der Waals surface area contributed by atoms with Crippen molar-refractivity contribution >= 4 is 27.5 Å². The molecule has 1 heterocycles. The summed E-state index contributed by atoms with van der Waals surface area (Å²) in [5.41, 5.74) is 6.79. The number of carbonyl (C=O) groups excluding carboxylic acids is 1. The van der Waals surface area contributed by atoms with Gasteiger partial charge in [0.1, 0.15) is 5.76 Å². The molecule has 1 amide bonds. The minimum absolute atomic E-state index is 0.0213. The highest BCUT2D eigenvalue weighted by atomic mass is 79.9. The standard InChI is InChI=1S/C14H15BrN2O2/c1-9(7-11-3-2-6-19-11)17-14(18)12-8-10(16)4-5-13(12)15/h2-6,8-9H,7,16H2,1H3,(H,17,18). The highest BCUT2D eigenvalue weighted by Crippen LogP contribution is 2.19. The van der Waals surface area contributed by atoms with Gasteiger partial charge in [-0.1, -0.05) is 0 Å². The van der Waals surface area contributed by atoms with Crippen LogP contribution in [0.15, 0.2) is 45.5 Å². The van der Waals surface area contributed by atoms with E-state index >= 15 is 0 Å². The first kappa shape index (κ1) is 13.7. The molecule has 0 radical (unpaired) electrons. The molecule has 1 aromatic carbocycles. The number of nitrogen functional groups attached to an aromatic ring is 1. The predicted octanol–water partition coefficient (Wildman–Crippen LogP) is 2.99. The van der Waals surface area contributed by atoms with Crippen molar-refractivity contribution in [2.24, 2.45) is 0 Å². The molecule has 0 bridgehead atoms. The van der Waals surface area contributed by atoms with Gasteiger partial charge in [0.25, 0.3) is 5.91 Å². The molecule has 4 nitrogen and oxygen atoms in total. The maximum atomic E-state index is 12.1. The average Bonchev–Trinajstić information content (AvgIpc) is 2.84. The maximum Gasteiger partial charge on any atom is 0.252 e. The summed E-state index contributed by atoms with van der Waals surface area (Å²) in [6.45, 7) is 1.93. The Bertz CT molecular complexity index is 567. The van der Waals surface area contributed by atoms with Crippen molar-refractivity contribution in [3.05, 3.63) is 52.4 Å². The quantitative estimate of drug-likeness (QED) is 0.850. The molecule has 5 heteroatoms. The highest BCUT2D eigenvalue weighted by molar-refractivity contribution is 9.10. The first-order chi connectivity index (χ1) is 9.06. The summed E-state index contributed by atoms with van der Waals surface area (Å²) in [5, 5.41) is 2.92. The van der Waals surface area contributed by atoms with E-state index in [2.05, 4.69) is 21.2 Å². The minimum Gasteiger partial charge on any atom is -0.469 e. The molecule has 2 aromatic rings. The molecule has 0 spiro atoms. The fourth-order valence-corrected chi connectivity index (χ4v) is 2.23. The second-order valence-electron chi connectivity index (χ2n) is 4.40. The van der Waals surface area contributed by atoms with Gasteiger partial charge < -0.3 is 15.5 Å². The van der Waals surface area contributed by atoms with Gasteiger partial charge in [0.15, 0.2) is 0 Å². The molecule has 19 heavy (non-hydrogen) atoms. The largest absolute Gasteiger partial charge is 0.469 e. The number of nitrogens with one attached hydrogen (secondary N) is 1. The molecule has 0 saturated heterocycles. The SMILES string of the molecule is CC(Cc1ccco1)NC(=O)c1cc(N)ccc1Br. The van der Waals surface area contributed by atoms with Crippen molar-refractivity contribution in [2.75, 3.05) is 5.73 Å². The van der Waals surface area contributed by atoms with Gasteiger partial charge in [0, 0.05) is 22.6 Å². The zero-order valence-corrected chi connectivity index (χ0v) is 12.1. The number of benzene rings is 1. The summed E-state index contributed by atoms with van der Waals surface area (Å²) in [6.07, 6.45) is 2.27. The molecule has 100 valence electrons. The summed E-state index contributed by atoms with van der Waals surface area (Å²) < 4.78 is 5.98. The molecule has 3 N–H and O–H groups in total. The molecular weight excluding hydrogens is 308 g/mol. The average molecular weight is 323 g/mol. The Morgan fingerprint density at radius 1 is 1.47 bits per heavy atom. The van der Waals surface area contributed by atoms with Crippen LogP contribution in [0.4, 0.5) is 5.69 Å². The van der Waals surface area contributed by atoms with E-state index < -0.39 is 0 Å². The molecule has 0 aliphatic heterocycles. The highest BCUT2D eigenvalue weighted by Gasteiger charge is 2.14. The van der Waals surface area contributed by atoms with Crippen molar-refractivity contribution in [1.82, 2.24) is 5.32 Å². The third kappa shape index (κ3) is 3.61. The summed E-state index contributed by atoms with van der Waals surface area (Å²) in [6, 6.07) is 8.86. The Kier molecular flexibility index (Phi) is 4.27. The van der Waals surface area contributed by atoms with Crippen LogP contribution in [-0.4, -0.2) is 11.9 Å². The molecule has 0 saturated carbocycles. The van der Waals surface area contributed by atoms with E-state index in [1.54, 1.807) is 24.5 Å². The lowest BCUT2D eigenvalue weighted by atomic mass is 10.1. The first-order valence-corrected chi connectivity index (χ1v) is 6.74. The molecule has 1 unspecified atom stereocenters. The number of hydrogen-bond donors (Lipinski definition) is 2. The lowest BCUT2D eigenvalue weighted by molar-refractivity contribution is 0.0938. The number of furan rings is 1. The Labute approximate surface area is 120 Å². The number of anilines is 1. The van der Waals surface area contributed by atoms with E-state index in [1.165, 1.54) is 0 Å². The van der Waals surface area contributed by atoms with Crippen LogP contribution < -0.4 is 11.1 Å². The van der Waals surface area contributed by atoms with Gasteiger partial charge >= 0.3 is 0 Å². The predicted molar refractivity (Wildman–Crippen MR) is 77.9 cm³/mol. The second kappa shape index (κ2) is 5.93. The number of carbonyl (C=O) groups is 1. The third-order valence-electron chi connectivity index (χ3n) is 2.70. The Morgan fingerprint density at radius 2 is 2.26 bits per heavy atom. The zero-order chi connectivity index (χ0) is 13.8. The van der Waals surface area contributed by atoms with Crippen LogP contribution in [-0.2, 0) is 6.42 Å². The lowest BCUT2D eigenvalue weighted by Gasteiger charge is -2.13. The number of amides is 1. The molecule has 1 atom stereocenters. The summed E-state index contributed by atoms with van der Waals surface area (Å²) >= 11 is 3.35. The van der Waals surface area contributed by atoms with Crippen LogP contribution in [0.1, 0.15) is 23.0 Å². The summed E-state index contributed by atoms with van der Waals surface area (Å²) in [5.74, 6) is 0.692. The Balaban J connectivity index is 2.02. The van der Waals surface area contributed by atoms with Gasteiger partial charge in [0.2, 0.25) is 0 Å². The monoisotopic (exact) mass is 322 g/mol. The van der Waals surface area contributed by atoms with E-state index in [9.17, 15) is 4.79 Å². The van der Waals surface area contributed by atoms with E-state index in [0.717, 1.165) is 10.2 Å². The second-order valence-corrected chi connectivity index (χ2v) is 5.25. The van der Waals surface area contributed by atoms with Gasteiger partial charge in [0.05, 0.1) is 11.8 Å². The smallest absolute Gasteiger partial charge is 0.252 e. The maximum absolute atomic E-state index is 12.1. The fraction of sp³-hybridized carbons (Fsp3) is 0.214. The molecule has 2 rings (SSSR count). The first-order valence-electron chi connectivity index (χ1n) is 5.94. The van der Waals surface area contributed by atoms with Crippen molar-refractivity contribution in [3.8, 4) is 0 Å². The van der Waals surface area contributed by atoms with Crippen LogP contribution in [0.25, 0.3) is 0 Å². The van der Waals surface area contributed by atoms with Crippen LogP contribution in [0.3, 0.4) is 0 Å². The summed E-state index contributed by atoms with van der Waals surface area (Å²) in [4.78, 5) is 12.1. The number of nitrogens with two attached hydrogens (primary N) is 1. The summed E-state index contributed by atoms with van der Waals surface area (Å²) in [7, 11) is 0. The van der Waals surface area contributed by atoms with Crippen LogP contribution in [0.5, 0.6) is 0 Å². The van der Waals surface area contributed by atoms with Gasteiger partial charge in [-0.2, -0.15) is 0 Å². The molecule has 1 aromatic heterocycles. The number of hydrogen-bond acceptors (Lipinski definition) is 3. The molecule has 0 fully saturated rings. The van der Waals surface area contributed by atoms with Gasteiger partial charge in [-0.25, -0.2) is 0 Å². The van der Waals surface area contributed by atoms with Crippen LogP contribution in [0, 0.1) is 0 Å². The van der Waals surface area contributed by atoms with E-state index in [1.807, 2.05) is 19.1 Å². The van der Waals surface area contributed by atoms with Gasteiger partial charge in [-0.15, -0.1) is 0 Å². The van der Waals surface area contributed by atoms with Crippen molar-refractivity contribution in [1.29, 1.82) is 0 Å². The topological polar surface area (TPSA) is 68.3 Å². The molecule has 0 aliphatic rings. The van der Waals surface area contributed by atoms with E-state index in [4.69, 9.17) is 10.2 Å². The Morgan fingerprint density at radius 3 is 2.95 bits per heavy atom. The number of rotatable bonds is 4. The normalized spacial score (nSPS) is 12.1. The van der Waals surface area contributed by atoms with Crippen molar-refractivity contribution in [3.63, 3.8) is 0 Å². The van der Waals surface area contributed by atoms with Crippen molar-refractivity contribution in [2.45, 2.75) is 19.4 Å². The molecular formula is C14H15BrN2O2. The van der Waals surface area contributed by atoms with Gasteiger partial charge in [-0.3, -0.25) is 4.79 Å². The van der Waals surface area contributed by atoms with E-state index in [-0.39, 0.29) is 11.9 Å². The fourth-order valence-electron chi connectivity index (χ4n) is 1.80.